The van der Waals surface area contributed by atoms with Gasteiger partial charge >= 0.3 is 0 Å². The van der Waals surface area contributed by atoms with Crippen molar-refractivity contribution in [2.75, 3.05) is 18.1 Å². The lowest BCUT2D eigenvalue weighted by molar-refractivity contribution is -0.121. The maximum atomic E-state index is 12.0. The van der Waals surface area contributed by atoms with Gasteiger partial charge in [-0.05, 0) is 6.42 Å². The highest BCUT2D eigenvalue weighted by Gasteiger charge is 2.48. The van der Waals surface area contributed by atoms with Gasteiger partial charge in [-0.1, -0.05) is 31.7 Å². The lowest BCUT2D eigenvalue weighted by Crippen LogP contribution is -2.37. The van der Waals surface area contributed by atoms with E-state index in [1.54, 1.807) is 6.08 Å². The maximum Gasteiger partial charge on any atom is 0.250 e. The number of aliphatic imine (C=N–C) groups is 1. The molecule has 0 aliphatic carbocycles. The fraction of sp³-hybridized carbons (Fsp3) is 0.692. The van der Waals surface area contributed by atoms with Crippen molar-refractivity contribution in [3.8, 4) is 0 Å². The van der Waals surface area contributed by atoms with Crippen LogP contribution in [0.5, 0.6) is 0 Å². The Morgan fingerprint density at radius 3 is 2.90 bits per heavy atom. The van der Waals surface area contributed by atoms with Crippen LogP contribution in [0.2, 0.25) is 0 Å². The lowest BCUT2D eigenvalue weighted by atomic mass is 10.1. The van der Waals surface area contributed by atoms with E-state index in [-0.39, 0.29) is 34.6 Å². The van der Waals surface area contributed by atoms with Crippen molar-refractivity contribution in [3.63, 3.8) is 0 Å². The Balaban J connectivity index is 2.22. The third-order valence-corrected chi connectivity index (χ3v) is 6.99. The van der Waals surface area contributed by atoms with Crippen molar-refractivity contribution in [2.24, 2.45) is 10.9 Å². The summed E-state index contributed by atoms with van der Waals surface area (Å²) in [4.78, 5) is 18.1. The average molecular weight is 316 g/mol. The summed E-state index contributed by atoms with van der Waals surface area (Å²) in [5.74, 6) is 0.0893. The van der Waals surface area contributed by atoms with E-state index in [0.29, 0.717) is 11.7 Å². The van der Waals surface area contributed by atoms with Crippen LogP contribution in [0.3, 0.4) is 0 Å². The first-order valence-corrected chi connectivity index (χ1v) is 9.45. The number of nitrogens with zero attached hydrogens (tertiary/aromatic N) is 2. The first kappa shape index (κ1) is 15.6. The third kappa shape index (κ3) is 3.09. The SMILES string of the molecule is C=CCN1C(=NC(=O)C(C)CC)SC2CS(=O)(=O)CC21. The molecule has 3 unspecified atom stereocenters. The molecule has 2 saturated heterocycles. The molecule has 0 N–H and O–H groups in total. The molecule has 2 fully saturated rings. The molecule has 5 nitrogen and oxygen atoms in total. The Morgan fingerprint density at radius 2 is 2.30 bits per heavy atom. The van der Waals surface area contributed by atoms with Gasteiger partial charge in [-0.3, -0.25) is 4.79 Å². The molecule has 20 heavy (non-hydrogen) atoms. The summed E-state index contributed by atoms with van der Waals surface area (Å²) >= 11 is 1.42. The molecule has 112 valence electrons. The van der Waals surface area contributed by atoms with Crippen LogP contribution < -0.4 is 0 Å². The molecule has 0 aromatic carbocycles. The Morgan fingerprint density at radius 1 is 1.60 bits per heavy atom. The Kier molecular flexibility index (Phi) is 4.59. The van der Waals surface area contributed by atoms with Crippen LogP contribution >= 0.6 is 11.8 Å². The summed E-state index contributed by atoms with van der Waals surface area (Å²) in [5, 5.41) is 0.642. The van der Waals surface area contributed by atoms with Gasteiger partial charge in [-0.2, -0.15) is 4.99 Å². The van der Waals surface area contributed by atoms with E-state index in [0.717, 1.165) is 6.42 Å². The van der Waals surface area contributed by atoms with Gasteiger partial charge in [-0.25, -0.2) is 8.42 Å². The molecule has 2 rings (SSSR count). The van der Waals surface area contributed by atoms with Gasteiger partial charge in [0.25, 0.3) is 5.91 Å². The van der Waals surface area contributed by atoms with Crippen molar-refractivity contribution >= 4 is 32.7 Å². The molecule has 2 heterocycles. The second-order valence-electron chi connectivity index (χ2n) is 5.28. The number of hydrogen-bond donors (Lipinski definition) is 0. The van der Waals surface area contributed by atoms with E-state index in [9.17, 15) is 13.2 Å². The van der Waals surface area contributed by atoms with Gasteiger partial charge in [0.15, 0.2) is 15.0 Å². The number of hydrogen-bond acceptors (Lipinski definition) is 4. The van der Waals surface area contributed by atoms with E-state index >= 15 is 0 Å². The Labute approximate surface area is 124 Å². The molecule has 2 aliphatic rings. The van der Waals surface area contributed by atoms with E-state index in [4.69, 9.17) is 0 Å². The van der Waals surface area contributed by atoms with Gasteiger partial charge in [0.1, 0.15) is 0 Å². The summed E-state index contributed by atoms with van der Waals surface area (Å²) in [6, 6.07) is -0.0773. The Hall–Kier alpha value is -0.820. The van der Waals surface area contributed by atoms with Crippen molar-refractivity contribution in [1.82, 2.24) is 4.90 Å². The Bertz CT molecular complexity index is 542. The zero-order chi connectivity index (χ0) is 14.9. The van der Waals surface area contributed by atoms with E-state index in [1.165, 1.54) is 11.8 Å². The zero-order valence-corrected chi connectivity index (χ0v) is 13.4. The van der Waals surface area contributed by atoms with Crippen LogP contribution in [0, 0.1) is 5.92 Å². The monoisotopic (exact) mass is 316 g/mol. The minimum Gasteiger partial charge on any atom is -0.342 e. The second-order valence-corrected chi connectivity index (χ2v) is 8.64. The summed E-state index contributed by atoms with van der Waals surface area (Å²) in [5.41, 5.74) is 0. The molecule has 2 aliphatic heterocycles. The molecule has 0 radical (unpaired) electrons. The molecule has 3 atom stereocenters. The van der Waals surface area contributed by atoms with Crippen LogP contribution in [0.1, 0.15) is 20.3 Å². The second kappa shape index (κ2) is 5.89. The van der Waals surface area contributed by atoms with Crippen molar-refractivity contribution in [3.05, 3.63) is 12.7 Å². The molecule has 1 amide bonds. The number of carbonyl (C=O) groups is 1. The number of rotatable bonds is 4. The molecule has 0 saturated carbocycles. The fourth-order valence-corrected chi connectivity index (χ4v) is 6.33. The summed E-state index contributed by atoms with van der Waals surface area (Å²) < 4.78 is 23.4. The number of sulfone groups is 1. The van der Waals surface area contributed by atoms with Gasteiger partial charge in [-0.15, -0.1) is 6.58 Å². The molecule has 0 spiro atoms. The van der Waals surface area contributed by atoms with E-state index in [2.05, 4.69) is 11.6 Å². The normalized spacial score (nSPS) is 31.3. The highest BCUT2D eigenvalue weighted by atomic mass is 32.2. The standard InChI is InChI=1S/C13H20N2O3S2/c1-4-6-15-10-7-20(17,18)8-11(10)19-13(15)14-12(16)9(3)5-2/h4,9-11H,1,5-8H2,2-3H3. The van der Waals surface area contributed by atoms with Gasteiger partial charge in [0, 0.05) is 17.7 Å². The number of carbonyl (C=O) groups excluding carboxylic acids is 1. The number of thioether (sulfide) groups is 1. The topological polar surface area (TPSA) is 66.8 Å². The summed E-state index contributed by atoms with van der Waals surface area (Å²) in [6.45, 7) is 8.03. The lowest BCUT2D eigenvalue weighted by Gasteiger charge is -2.22. The van der Waals surface area contributed by atoms with E-state index in [1.807, 2.05) is 18.7 Å². The molecule has 0 bridgehead atoms. The highest BCUT2D eigenvalue weighted by Crippen LogP contribution is 2.38. The van der Waals surface area contributed by atoms with Crippen molar-refractivity contribution in [1.29, 1.82) is 0 Å². The van der Waals surface area contributed by atoms with Crippen LogP contribution in [0.15, 0.2) is 17.6 Å². The largest absolute Gasteiger partial charge is 0.342 e. The predicted octanol–water partition coefficient (Wildman–Crippen LogP) is 1.32. The number of amides is 1. The molecule has 0 aromatic rings. The van der Waals surface area contributed by atoms with Crippen LogP contribution in [-0.4, -0.2) is 53.7 Å². The third-order valence-electron chi connectivity index (χ3n) is 3.74. The van der Waals surface area contributed by atoms with Crippen LogP contribution in [-0.2, 0) is 14.6 Å². The van der Waals surface area contributed by atoms with Crippen molar-refractivity contribution < 1.29 is 13.2 Å². The number of amidine groups is 1. The molecular weight excluding hydrogens is 296 g/mol. The highest BCUT2D eigenvalue weighted by molar-refractivity contribution is 8.15. The zero-order valence-electron chi connectivity index (χ0n) is 11.8. The first-order chi connectivity index (χ1) is 9.38. The minimum atomic E-state index is -2.97. The quantitative estimate of drug-likeness (QED) is 0.732. The average Bonchev–Trinajstić information content (AvgIpc) is 2.82. The smallest absolute Gasteiger partial charge is 0.250 e. The summed E-state index contributed by atoms with van der Waals surface area (Å²) in [6.07, 6.45) is 2.47. The maximum absolute atomic E-state index is 12.0. The van der Waals surface area contributed by atoms with Crippen LogP contribution in [0.25, 0.3) is 0 Å². The fourth-order valence-electron chi connectivity index (χ4n) is 2.37. The minimum absolute atomic E-state index is 0.0107. The van der Waals surface area contributed by atoms with E-state index < -0.39 is 9.84 Å². The molecule has 0 aromatic heterocycles. The first-order valence-electron chi connectivity index (χ1n) is 6.75. The van der Waals surface area contributed by atoms with Crippen molar-refractivity contribution in [2.45, 2.75) is 31.6 Å². The van der Waals surface area contributed by atoms with Gasteiger partial charge in [0.2, 0.25) is 0 Å². The predicted molar refractivity (Wildman–Crippen MR) is 82.6 cm³/mol. The molecule has 7 heteroatoms. The van der Waals surface area contributed by atoms with Gasteiger partial charge in [0.05, 0.1) is 17.5 Å². The number of fused-ring (bicyclic) bond motifs is 1. The molecular formula is C13H20N2O3S2. The van der Waals surface area contributed by atoms with Crippen LogP contribution in [0.4, 0.5) is 0 Å². The van der Waals surface area contributed by atoms with Gasteiger partial charge < -0.3 is 4.90 Å². The summed E-state index contributed by atoms with van der Waals surface area (Å²) in [7, 11) is -2.97.